The second-order valence-corrected chi connectivity index (χ2v) is 0. The van der Waals surface area contributed by atoms with Crippen molar-refractivity contribution in [1.82, 2.24) is 0 Å². The van der Waals surface area contributed by atoms with E-state index in [4.69, 9.17) is 3.57 Å². The van der Waals surface area contributed by atoms with Gasteiger partial charge in [-0.2, -0.15) is 6.92 Å². The zero-order valence-corrected chi connectivity index (χ0v) is 4.21. The van der Waals surface area contributed by atoms with E-state index in [0.29, 0.717) is 0 Å². The van der Waals surface area contributed by atoms with E-state index in [1.165, 1.54) is 0 Å². The Balaban J connectivity index is 0. The third kappa shape index (κ3) is 27.4. The summed E-state index contributed by atoms with van der Waals surface area (Å²) in [7, 11) is 0. The Hall–Kier alpha value is 0.423. The molecule has 0 aromatic heterocycles. The fourth-order valence-corrected chi connectivity index (χ4v) is 0. The second-order valence-electron chi connectivity index (χ2n) is 0. The fourth-order valence-electron chi connectivity index (χ4n) is 0. The molecule has 0 aliphatic carbocycles. The van der Waals surface area contributed by atoms with Gasteiger partial charge in [0.25, 0.3) is 0 Å². The molecule has 0 atom stereocenters. The minimum absolute atomic E-state index is 1.10. The van der Waals surface area contributed by atoms with E-state index in [0.717, 1.165) is 18.3 Å². The monoisotopic (exact) mass is 147 g/mol. The van der Waals surface area contributed by atoms with Gasteiger partial charge in [-0.25, -0.2) is 0 Å². The van der Waals surface area contributed by atoms with Crippen molar-refractivity contribution in [2.75, 3.05) is 0 Å². The van der Waals surface area contributed by atoms with Gasteiger partial charge in [-0.05, 0) is 0 Å². The summed E-state index contributed by atoms with van der Waals surface area (Å²) in [5, 5.41) is 0. The van der Waals surface area contributed by atoms with Crippen molar-refractivity contribution in [1.29, 1.82) is 0 Å². The van der Waals surface area contributed by atoms with Crippen LogP contribution in [0, 0.1) is 6.92 Å². The van der Waals surface area contributed by atoms with Crippen molar-refractivity contribution < 1.29 is 21.8 Å². The summed E-state index contributed by atoms with van der Waals surface area (Å²) in [6.45, 7) is 5.00. The first kappa shape index (κ1) is 8.83. The van der Waals surface area contributed by atoms with Crippen LogP contribution in [0.25, 0.3) is 0 Å². The first-order valence-corrected chi connectivity index (χ1v) is 1.56. The Morgan fingerprint density at radius 2 is 1.50 bits per heavy atom. The van der Waals surface area contributed by atoms with E-state index in [-0.39, 0.29) is 0 Å². The van der Waals surface area contributed by atoms with Crippen LogP contribution >= 0.6 is 0 Å². The van der Waals surface area contributed by atoms with Gasteiger partial charge in [0.05, 0.1) is 0 Å². The quantitative estimate of drug-likeness (QED) is 0.363. The van der Waals surface area contributed by atoms with Crippen molar-refractivity contribution in [3.8, 4) is 0 Å². The van der Waals surface area contributed by atoms with Crippen molar-refractivity contribution in [3.63, 3.8) is 0 Å². The van der Waals surface area contributed by atoms with Gasteiger partial charge in [-0.1, -0.05) is 0 Å². The SMILES string of the molecule is [CH2-]C.[O]=[Ru+]. The third-order valence-electron chi connectivity index (χ3n) is 0. The van der Waals surface area contributed by atoms with Crippen molar-refractivity contribution in [2.24, 2.45) is 0 Å². The molecule has 0 saturated carbocycles. The molecular formula is C2H5ORu. The predicted molar refractivity (Wildman–Crippen MR) is 11.7 cm³/mol. The summed E-state index contributed by atoms with van der Waals surface area (Å²) in [6, 6.07) is 0. The summed E-state index contributed by atoms with van der Waals surface area (Å²) in [5.41, 5.74) is 0. The normalized spacial score (nSPS) is 2.50. The van der Waals surface area contributed by atoms with Crippen LogP contribution in [0.5, 0.6) is 0 Å². The van der Waals surface area contributed by atoms with Gasteiger partial charge >= 0.3 is 21.8 Å². The van der Waals surface area contributed by atoms with E-state index < -0.39 is 0 Å². The van der Waals surface area contributed by atoms with E-state index in [2.05, 4.69) is 6.92 Å². The molecule has 0 fully saturated rings. The topological polar surface area (TPSA) is 17.1 Å². The molecule has 0 amide bonds. The molecule has 0 saturated heterocycles. The van der Waals surface area contributed by atoms with Crippen molar-refractivity contribution >= 4 is 0 Å². The molecule has 1 nitrogen and oxygen atoms in total. The van der Waals surface area contributed by atoms with Crippen LogP contribution in [0.2, 0.25) is 0 Å². The molecule has 0 spiro atoms. The Bertz CT molecular complexity index is 6.00. The average molecular weight is 146 g/mol. The maximum absolute atomic E-state index is 8.18. The molecule has 0 aliphatic rings. The number of hydrogen-bond acceptors (Lipinski definition) is 1. The summed E-state index contributed by atoms with van der Waals surface area (Å²) in [6.07, 6.45) is 0. The van der Waals surface area contributed by atoms with Gasteiger partial charge in [-0.15, -0.1) is 0 Å². The molecule has 0 unspecified atom stereocenters. The molecule has 2 heteroatoms. The van der Waals surface area contributed by atoms with Crippen LogP contribution in [-0.2, 0) is 21.8 Å². The molecular weight excluding hydrogens is 141 g/mol. The van der Waals surface area contributed by atoms with Crippen LogP contribution in [-0.4, -0.2) is 0 Å². The predicted octanol–water partition coefficient (Wildman–Crippen LogP) is 0.719. The molecule has 27 valence electrons. The first-order chi connectivity index (χ1) is 2.00. The molecule has 4 heavy (non-hydrogen) atoms. The van der Waals surface area contributed by atoms with Crippen LogP contribution in [0.3, 0.4) is 0 Å². The molecule has 0 aromatic carbocycles. The molecule has 0 bridgehead atoms. The van der Waals surface area contributed by atoms with Crippen LogP contribution in [0.1, 0.15) is 6.92 Å². The molecule has 0 N–H and O–H groups in total. The van der Waals surface area contributed by atoms with Gasteiger partial charge in [0, 0.05) is 0 Å². The maximum atomic E-state index is 8.18. The van der Waals surface area contributed by atoms with Crippen LogP contribution in [0.15, 0.2) is 0 Å². The Morgan fingerprint density at radius 1 is 1.50 bits per heavy atom. The van der Waals surface area contributed by atoms with Gasteiger partial charge < -0.3 is 6.92 Å². The van der Waals surface area contributed by atoms with Gasteiger partial charge in [-0.3, -0.25) is 0 Å². The fraction of sp³-hybridized carbons (Fsp3) is 0.500. The first-order valence-electron chi connectivity index (χ1n) is 0.851. The summed E-state index contributed by atoms with van der Waals surface area (Å²) < 4.78 is 8.18. The van der Waals surface area contributed by atoms with E-state index >= 15 is 0 Å². The summed E-state index contributed by atoms with van der Waals surface area (Å²) in [5.74, 6) is 0. The number of hydrogen-bond donors (Lipinski definition) is 0. The van der Waals surface area contributed by atoms with Gasteiger partial charge in [0.2, 0.25) is 0 Å². The van der Waals surface area contributed by atoms with E-state index in [1.54, 1.807) is 6.92 Å². The molecule has 0 heterocycles. The summed E-state index contributed by atoms with van der Waals surface area (Å²) in [4.78, 5) is 0. The molecule has 0 radical (unpaired) electrons. The summed E-state index contributed by atoms with van der Waals surface area (Å²) >= 11 is 1.10. The standard InChI is InChI=1S/C2H5.O.Ru/c1-2;;/h1H2,2H3;;/q-1;;+1. The molecule has 0 rings (SSSR count). The zero-order chi connectivity index (χ0) is 4.00. The van der Waals surface area contributed by atoms with Crippen LogP contribution in [0.4, 0.5) is 0 Å². The zero-order valence-electron chi connectivity index (χ0n) is 2.47. The Morgan fingerprint density at radius 3 is 1.50 bits per heavy atom. The van der Waals surface area contributed by atoms with Gasteiger partial charge in [0.15, 0.2) is 0 Å². The van der Waals surface area contributed by atoms with Crippen molar-refractivity contribution in [2.45, 2.75) is 6.92 Å². The Kier molecular flexibility index (Phi) is 248. The minimum atomic E-state index is 1.10. The number of rotatable bonds is 0. The van der Waals surface area contributed by atoms with E-state index in [9.17, 15) is 0 Å². The molecule has 0 aliphatic heterocycles. The third-order valence-corrected chi connectivity index (χ3v) is 0. The average Bonchev–Trinajstić information content (AvgIpc) is 1.50. The van der Waals surface area contributed by atoms with E-state index in [1.807, 2.05) is 0 Å². The van der Waals surface area contributed by atoms with Crippen LogP contribution < -0.4 is 0 Å². The van der Waals surface area contributed by atoms with Gasteiger partial charge in [0.1, 0.15) is 0 Å². The molecule has 0 aromatic rings. The van der Waals surface area contributed by atoms with Crippen molar-refractivity contribution in [3.05, 3.63) is 6.92 Å². The Labute approximate surface area is 36.3 Å². The second kappa shape index (κ2) is 112.